The van der Waals surface area contributed by atoms with Crippen LogP contribution < -0.4 is 10.5 Å². The smallest absolute Gasteiger partial charge is 0.119 e. The molecule has 3 rings (SSSR count). The van der Waals surface area contributed by atoms with Crippen LogP contribution in [0.5, 0.6) is 5.75 Å². The first kappa shape index (κ1) is 14.7. The van der Waals surface area contributed by atoms with Crippen molar-refractivity contribution in [3.05, 3.63) is 48.5 Å². The van der Waals surface area contributed by atoms with Gasteiger partial charge in [0.1, 0.15) is 11.9 Å². The third-order valence-corrected chi connectivity index (χ3v) is 4.73. The Bertz CT molecular complexity index is 592. The Balaban J connectivity index is 1.67. The van der Waals surface area contributed by atoms with Crippen LogP contribution in [0.25, 0.3) is 11.1 Å². The second kappa shape index (κ2) is 6.66. The van der Waals surface area contributed by atoms with Gasteiger partial charge in [-0.1, -0.05) is 24.3 Å². The molecule has 2 N–H and O–H groups in total. The molecule has 0 aromatic heterocycles. The molecule has 0 spiro atoms. The van der Waals surface area contributed by atoms with Crippen LogP contribution in [0, 0.1) is 0 Å². The monoisotopic (exact) mass is 394 g/mol. The maximum absolute atomic E-state index is 6.06. The Kier molecular flexibility index (Phi) is 4.65. The Morgan fingerprint density at radius 3 is 2.38 bits per heavy atom. The largest absolute Gasteiger partial charge is 0.490 e. The molecule has 0 saturated carbocycles. The fourth-order valence-electron chi connectivity index (χ4n) is 2.58. The molecule has 0 unspecified atom stereocenters. The van der Waals surface area contributed by atoms with Gasteiger partial charge in [-0.3, -0.25) is 0 Å². The van der Waals surface area contributed by atoms with Gasteiger partial charge in [-0.05, 0) is 48.2 Å². The van der Waals surface area contributed by atoms with Gasteiger partial charge in [0, 0.05) is 41.6 Å². The lowest BCUT2D eigenvalue weighted by Crippen LogP contribution is -2.32. The maximum atomic E-state index is 6.06. The molecule has 21 heavy (non-hydrogen) atoms. The van der Waals surface area contributed by atoms with E-state index in [2.05, 4.69) is 56.3 Å². The molecule has 2 aromatic carbocycles. The zero-order valence-electron chi connectivity index (χ0n) is 11.8. The van der Waals surface area contributed by atoms with Crippen molar-refractivity contribution in [2.24, 2.45) is 0 Å². The van der Waals surface area contributed by atoms with Crippen molar-refractivity contribution in [1.82, 2.24) is 3.11 Å². The minimum Gasteiger partial charge on any atom is -0.490 e. The van der Waals surface area contributed by atoms with Gasteiger partial charge in [0.15, 0.2) is 0 Å². The van der Waals surface area contributed by atoms with Crippen molar-refractivity contribution >= 4 is 28.6 Å². The average molecular weight is 394 g/mol. The van der Waals surface area contributed by atoms with Crippen LogP contribution in [0.3, 0.4) is 0 Å². The Hall–Kier alpha value is -1.27. The van der Waals surface area contributed by atoms with E-state index in [1.54, 1.807) is 0 Å². The zero-order valence-corrected chi connectivity index (χ0v) is 14.0. The molecule has 1 aliphatic heterocycles. The minimum atomic E-state index is 0.342. The molecule has 1 saturated heterocycles. The summed E-state index contributed by atoms with van der Waals surface area (Å²) in [6.45, 7) is 2.21. The highest BCUT2D eigenvalue weighted by atomic mass is 127. The molecule has 0 amide bonds. The second-order valence-corrected chi connectivity index (χ2v) is 6.74. The number of halogens is 1. The lowest BCUT2D eigenvalue weighted by molar-refractivity contribution is 0.144. The number of hydrogen-bond donors (Lipinski definition) is 1. The highest BCUT2D eigenvalue weighted by molar-refractivity contribution is 14.1. The van der Waals surface area contributed by atoms with Crippen LogP contribution in [-0.4, -0.2) is 22.3 Å². The normalized spacial score (nSPS) is 16.8. The molecule has 1 heterocycles. The van der Waals surface area contributed by atoms with Crippen molar-refractivity contribution in [2.75, 3.05) is 18.8 Å². The molecule has 3 nitrogen and oxygen atoms in total. The third kappa shape index (κ3) is 3.89. The summed E-state index contributed by atoms with van der Waals surface area (Å²) in [6.07, 6.45) is 2.54. The van der Waals surface area contributed by atoms with E-state index in [4.69, 9.17) is 10.5 Å². The topological polar surface area (TPSA) is 38.5 Å². The summed E-state index contributed by atoms with van der Waals surface area (Å²) in [5, 5.41) is 0. The fraction of sp³-hybridized carbons (Fsp3) is 0.294. The maximum Gasteiger partial charge on any atom is 0.119 e. The molecule has 0 radical (unpaired) electrons. The number of nitrogen functional groups attached to an aromatic ring is 1. The highest BCUT2D eigenvalue weighted by Crippen LogP contribution is 2.26. The number of rotatable bonds is 3. The molecule has 2 aromatic rings. The SMILES string of the molecule is Nc1cccc(-c2ccc(OC3CCN(I)CC3)cc2)c1. The molecule has 0 atom stereocenters. The van der Waals surface area contributed by atoms with Gasteiger partial charge >= 0.3 is 0 Å². The molecular formula is C17H19IN2O. The van der Waals surface area contributed by atoms with Crippen LogP contribution in [0.1, 0.15) is 12.8 Å². The van der Waals surface area contributed by atoms with Crippen LogP contribution in [0.2, 0.25) is 0 Å². The molecule has 0 bridgehead atoms. The van der Waals surface area contributed by atoms with E-state index in [1.807, 2.05) is 18.2 Å². The fourth-order valence-corrected chi connectivity index (χ4v) is 3.14. The molecule has 1 fully saturated rings. The Morgan fingerprint density at radius 2 is 1.71 bits per heavy atom. The lowest BCUT2D eigenvalue weighted by atomic mass is 10.0. The number of ether oxygens (including phenoxy) is 1. The standard InChI is InChI=1S/C17H19IN2O/c18-20-10-8-17(9-11-20)21-16-6-4-13(5-7-16)14-2-1-3-15(19)12-14/h1-7,12,17H,8-11,19H2. The second-order valence-electron chi connectivity index (χ2n) is 5.38. The predicted octanol–water partition coefficient (Wildman–Crippen LogP) is 4.13. The molecule has 1 aliphatic rings. The number of nitrogens with zero attached hydrogens (tertiary/aromatic N) is 1. The van der Waals surface area contributed by atoms with Crippen LogP contribution >= 0.6 is 22.9 Å². The van der Waals surface area contributed by atoms with Crippen molar-refractivity contribution in [3.8, 4) is 16.9 Å². The van der Waals surface area contributed by atoms with E-state index < -0.39 is 0 Å². The van der Waals surface area contributed by atoms with E-state index in [0.717, 1.165) is 48.5 Å². The summed E-state index contributed by atoms with van der Waals surface area (Å²) < 4.78 is 8.38. The van der Waals surface area contributed by atoms with Crippen LogP contribution in [-0.2, 0) is 0 Å². The highest BCUT2D eigenvalue weighted by Gasteiger charge is 2.18. The molecule has 4 heteroatoms. The average Bonchev–Trinajstić information content (AvgIpc) is 2.50. The van der Waals surface area contributed by atoms with E-state index in [0.29, 0.717) is 6.10 Å². The number of hydrogen-bond acceptors (Lipinski definition) is 3. The van der Waals surface area contributed by atoms with E-state index in [9.17, 15) is 0 Å². The molecular weight excluding hydrogens is 375 g/mol. The summed E-state index contributed by atoms with van der Waals surface area (Å²) in [4.78, 5) is 0. The minimum absolute atomic E-state index is 0.342. The van der Waals surface area contributed by atoms with Gasteiger partial charge in [-0.15, -0.1) is 0 Å². The zero-order chi connectivity index (χ0) is 14.7. The summed E-state index contributed by atoms with van der Waals surface area (Å²) >= 11 is 2.38. The van der Waals surface area contributed by atoms with Gasteiger partial charge in [0.25, 0.3) is 0 Å². The van der Waals surface area contributed by atoms with Crippen LogP contribution in [0.4, 0.5) is 5.69 Å². The van der Waals surface area contributed by atoms with E-state index in [-0.39, 0.29) is 0 Å². The third-order valence-electron chi connectivity index (χ3n) is 3.76. The summed E-state index contributed by atoms with van der Waals surface area (Å²) in [5.74, 6) is 0.953. The number of nitrogens with two attached hydrogens (primary N) is 1. The number of piperidine rings is 1. The van der Waals surface area contributed by atoms with Crippen molar-refractivity contribution < 1.29 is 4.74 Å². The van der Waals surface area contributed by atoms with E-state index >= 15 is 0 Å². The summed E-state index contributed by atoms with van der Waals surface area (Å²) in [7, 11) is 0. The van der Waals surface area contributed by atoms with Gasteiger partial charge in [0.05, 0.1) is 0 Å². The number of anilines is 1. The molecule has 110 valence electrons. The van der Waals surface area contributed by atoms with Crippen molar-refractivity contribution in [1.29, 1.82) is 0 Å². The Morgan fingerprint density at radius 1 is 1.00 bits per heavy atom. The first-order valence-corrected chi connectivity index (χ1v) is 8.20. The van der Waals surface area contributed by atoms with Gasteiger partial charge in [0.2, 0.25) is 0 Å². The molecule has 0 aliphatic carbocycles. The summed E-state index contributed by atoms with van der Waals surface area (Å²) in [6, 6.07) is 16.2. The van der Waals surface area contributed by atoms with Gasteiger partial charge in [-0.2, -0.15) is 0 Å². The predicted molar refractivity (Wildman–Crippen MR) is 95.5 cm³/mol. The number of benzene rings is 2. The van der Waals surface area contributed by atoms with Gasteiger partial charge < -0.3 is 10.5 Å². The van der Waals surface area contributed by atoms with Gasteiger partial charge in [-0.25, -0.2) is 3.11 Å². The lowest BCUT2D eigenvalue weighted by Gasteiger charge is -2.28. The van der Waals surface area contributed by atoms with Crippen LogP contribution in [0.15, 0.2) is 48.5 Å². The van der Waals surface area contributed by atoms with Crippen molar-refractivity contribution in [3.63, 3.8) is 0 Å². The quantitative estimate of drug-likeness (QED) is 0.484. The summed E-state index contributed by atoms with van der Waals surface area (Å²) in [5.41, 5.74) is 8.92. The van der Waals surface area contributed by atoms with Crippen molar-refractivity contribution in [2.45, 2.75) is 18.9 Å². The first-order chi connectivity index (χ1) is 10.2. The Labute approximate surface area is 139 Å². The first-order valence-electron chi connectivity index (χ1n) is 7.24. The van der Waals surface area contributed by atoms with E-state index in [1.165, 1.54) is 0 Å².